The maximum atomic E-state index is 11.4. The smallest absolute Gasteiger partial charge is 0.322 e. The van der Waals surface area contributed by atoms with Gasteiger partial charge in [-0.25, -0.2) is 8.42 Å². The van der Waals surface area contributed by atoms with Gasteiger partial charge in [0.1, 0.15) is 0 Å². The summed E-state index contributed by atoms with van der Waals surface area (Å²) >= 11 is 0. The summed E-state index contributed by atoms with van der Waals surface area (Å²) < 4.78 is 27.3. The number of hydrogen-bond acceptors (Lipinski definition) is 5. The Hall–Kier alpha value is -1.44. The molecule has 0 saturated heterocycles. The molecule has 0 amide bonds. The van der Waals surface area contributed by atoms with Crippen LogP contribution in [0.3, 0.4) is 0 Å². The Morgan fingerprint density at radius 3 is 2.56 bits per heavy atom. The SMILES string of the molecule is CCOC(=O)CS(=O)(=O)NOCc1ccccc1. The average molecular weight is 273 g/mol. The Labute approximate surface area is 106 Å². The van der Waals surface area contributed by atoms with E-state index in [4.69, 9.17) is 4.84 Å². The van der Waals surface area contributed by atoms with Gasteiger partial charge in [-0.3, -0.25) is 9.63 Å². The zero-order valence-electron chi connectivity index (χ0n) is 9.96. The summed E-state index contributed by atoms with van der Waals surface area (Å²) in [5.41, 5.74) is 0.816. The van der Waals surface area contributed by atoms with Crippen LogP contribution in [0.5, 0.6) is 0 Å². The second-order valence-corrected chi connectivity index (χ2v) is 5.11. The summed E-state index contributed by atoms with van der Waals surface area (Å²) in [6.45, 7) is 1.83. The van der Waals surface area contributed by atoms with Crippen molar-refractivity contribution in [3.63, 3.8) is 0 Å². The van der Waals surface area contributed by atoms with Crippen molar-refractivity contribution in [3.05, 3.63) is 35.9 Å². The van der Waals surface area contributed by atoms with Crippen LogP contribution in [-0.4, -0.2) is 26.7 Å². The molecule has 1 N–H and O–H groups in total. The molecule has 0 atom stereocenters. The van der Waals surface area contributed by atoms with Crippen molar-refractivity contribution in [1.29, 1.82) is 0 Å². The van der Waals surface area contributed by atoms with E-state index >= 15 is 0 Å². The number of nitrogens with one attached hydrogen (secondary N) is 1. The number of sulfonamides is 1. The molecule has 1 rings (SSSR count). The molecule has 6 nitrogen and oxygen atoms in total. The van der Waals surface area contributed by atoms with Gasteiger partial charge in [-0.05, 0) is 12.5 Å². The van der Waals surface area contributed by atoms with E-state index in [9.17, 15) is 13.2 Å². The molecule has 0 heterocycles. The molecule has 0 radical (unpaired) electrons. The summed E-state index contributed by atoms with van der Waals surface area (Å²) in [6.07, 6.45) is 0. The fourth-order valence-electron chi connectivity index (χ4n) is 1.16. The molecule has 0 aliphatic rings. The molecule has 1 aromatic carbocycles. The number of benzene rings is 1. The molecule has 0 bridgehead atoms. The van der Waals surface area contributed by atoms with Crippen LogP contribution in [0.15, 0.2) is 30.3 Å². The summed E-state index contributed by atoms with van der Waals surface area (Å²) in [5.74, 6) is -1.57. The first-order valence-electron chi connectivity index (χ1n) is 5.34. The fraction of sp³-hybridized carbons (Fsp3) is 0.364. The molecule has 0 aromatic heterocycles. The highest BCUT2D eigenvalue weighted by atomic mass is 32.2. The van der Waals surface area contributed by atoms with Gasteiger partial charge < -0.3 is 4.74 Å². The highest BCUT2D eigenvalue weighted by Crippen LogP contribution is 1.99. The van der Waals surface area contributed by atoms with E-state index in [2.05, 4.69) is 4.74 Å². The molecule has 1 aromatic rings. The minimum atomic E-state index is -3.82. The van der Waals surface area contributed by atoms with Gasteiger partial charge in [0.2, 0.25) is 10.0 Å². The van der Waals surface area contributed by atoms with E-state index in [1.165, 1.54) is 0 Å². The molecule has 18 heavy (non-hydrogen) atoms. The third-order valence-corrected chi connectivity index (χ3v) is 2.87. The molecule has 7 heteroatoms. The molecule has 0 aliphatic heterocycles. The largest absolute Gasteiger partial charge is 0.465 e. The Bertz CT molecular complexity index is 471. The molecule has 0 unspecified atom stereocenters. The fourth-order valence-corrected chi connectivity index (χ4v) is 1.86. The lowest BCUT2D eigenvalue weighted by atomic mass is 10.2. The number of carbonyl (C=O) groups is 1. The Balaban J connectivity index is 2.36. The van der Waals surface area contributed by atoms with Crippen molar-refractivity contribution in [1.82, 2.24) is 4.89 Å². The van der Waals surface area contributed by atoms with Crippen LogP contribution < -0.4 is 4.89 Å². The van der Waals surface area contributed by atoms with Gasteiger partial charge in [-0.15, -0.1) is 0 Å². The van der Waals surface area contributed by atoms with Crippen molar-refractivity contribution in [2.24, 2.45) is 0 Å². The standard InChI is InChI=1S/C11H15NO5S/c1-2-16-11(13)9-18(14,15)12-17-8-10-6-4-3-5-7-10/h3-7,12H,2,8-9H2,1H3. The van der Waals surface area contributed by atoms with Crippen LogP contribution >= 0.6 is 0 Å². The second-order valence-electron chi connectivity index (χ2n) is 3.42. The van der Waals surface area contributed by atoms with Crippen molar-refractivity contribution < 1.29 is 22.8 Å². The summed E-state index contributed by atoms with van der Waals surface area (Å²) in [7, 11) is -3.82. The molecule has 100 valence electrons. The van der Waals surface area contributed by atoms with E-state index in [-0.39, 0.29) is 13.2 Å². The third-order valence-electron chi connectivity index (χ3n) is 1.88. The molecule has 0 saturated carbocycles. The van der Waals surface area contributed by atoms with Crippen molar-refractivity contribution >= 4 is 16.0 Å². The number of ether oxygens (including phenoxy) is 1. The summed E-state index contributed by atoms with van der Waals surface area (Å²) in [6, 6.07) is 9.05. The Morgan fingerprint density at radius 2 is 1.94 bits per heavy atom. The number of rotatable bonds is 7. The van der Waals surface area contributed by atoms with Gasteiger partial charge in [-0.1, -0.05) is 35.2 Å². The molecule has 0 aliphatic carbocycles. The highest BCUT2D eigenvalue weighted by Gasteiger charge is 2.17. The van der Waals surface area contributed by atoms with Gasteiger partial charge in [-0.2, -0.15) is 0 Å². The predicted molar refractivity (Wildman–Crippen MR) is 64.8 cm³/mol. The first kappa shape index (κ1) is 14.6. The topological polar surface area (TPSA) is 81.7 Å². The average Bonchev–Trinajstić information content (AvgIpc) is 2.29. The molecule has 0 fully saturated rings. The summed E-state index contributed by atoms with van der Waals surface area (Å²) in [4.78, 5) is 17.7. The van der Waals surface area contributed by atoms with Crippen LogP contribution in [0.1, 0.15) is 12.5 Å². The minimum Gasteiger partial charge on any atom is -0.465 e. The molecular formula is C11H15NO5S. The molecule has 0 spiro atoms. The van der Waals surface area contributed by atoms with Crippen molar-refractivity contribution in [2.75, 3.05) is 12.4 Å². The quantitative estimate of drug-likeness (QED) is 0.581. The van der Waals surface area contributed by atoms with E-state index < -0.39 is 21.7 Å². The Kier molecular flexibility index (Phi) is 5.76. The number of carbonyl (C=O) groups excluding carboxylic acids is 1. The lowest BCUT2D eigenvalue weighted by Crippen LogP contribution is -2.31. The lowest BCUT2D eigenvalue weighted by Gasteiger charge is -2.06. The second kappa shape index (κ2) is 7.10. The van der Waals surface area contributed by atoms with Gasteiger partial charge in [0.15, 0.2) is 5.75 Å². The third kappa shape index (κ3) is 5.76. The summed E-state index contributed by atoms with van der Waals surface area (Å²) in [5, 5.41) is 0. The van der Waals surface area contributed by atoms with E-state index in [0.717, 1.165) is 5.56 Å². The minimum absolute atomic E-state index is 0.0862. The Morgan fingerprint density at radius 1 is 1.28 bits per heavy atom. The first-order valence-corrected chi connectivity index (χ1v) is 6.99. The van der Waals surface area contributed by atoms with Gasteiger partial charge in [0.05, 0.1) is 13.2 Å². The predicted octanol–water partition coefficient (Wildman–Crippen LogP) is 0.601. The van der Waals surface area contributed by atoms with Crippen LogP contribution in [0.25, 0.3) is 0 Å². The van der Waals surface area contributed by atoms with Crippen LogP contribution in [-0.2, 0) is 31.0 Å². The van der Waals surface area contributed by atoms with Crippen LogP contribution in [0.4, 0.5) is 0 Å². The normalized spacial score (nSPS) is 11.2. The van der Waals surface area contributed by atoms with Gasteiger partial charge in [0, 0.05) is 0 Å². The zero-order valence-corrected chi connectivity index (χ0v) is 10.8. The number of esters is 1. The van der Waals surface area contributed by atoms with Gasteiger partial charge in [0.25, 0.3) is 0 Å². The van der Waals surface area contributed by atoms with E-state index in [0.29, 0.717) is 0 Å². The van der Waals surface area contributed by atoms with Gasteiger partial charge >= 0.3 is 5.97 Å². The maximum absolute atomic E-state index is 11.4. The highest BCUT2D eigenvalue weighted by molar-refractivity contribution is 7.90. The van der Waals surface area contributed by atoms with E-state index in [1.807, 2.05) is 23.1 Å². The van der Waals surface area contributed by atoms with E-state index in [1.54, 1.807) is 19.1 Å². The van der Waals surface area contributed by atoms with Crippen molar-refractivity contribution in [3.8, 4) is 0 Å². The van der Waals surface area contributed by atoms with Crippen LogP contribution in [0.2, 0.25) is 0 Å². The number of hydrogen-bond donors (Lipinski definition) is 1. The maximum Gasteiger partial charge on any atom is 0.322 e. The first-order chi connectivity index (χ1) is 8.53. The monoisotopic (exact) mass is 273 g/mol. The van der Waals surface area contributed by atoms with Crippen LogP contribution in [0, 0.1) is 0 Å². The zero-order chi connectivity index (χ0) is 13.4. The molecular weight excluding hydrogens is 258 g/mol. The lowest BCUT2D eigenvalue weighted by molar-refractivity contribution is -0.140. The van der Waals surface area contributed by atoms with Crippen molar-refractivity contribution in [2.45, 2.75) is 13.5 Å².